The maximum absolute atomic E-state index is 12.0. The van der Waals surface area contributed by atoms with Gasteiger partial charge in [0.2, 0.25) is 0 Å². The van der Waals surface area contributed by atoms with Crippen LogP contribution in [0.4, 0.5) is 14.5 Å². The van der Waals surface area contributed by atoms with Gasteiger partial charge in [0.05, 0.1) is 4.92 Å². The minimum absolute atomic E-state index is 0.172. The van der Waals surface area contributed by atoms with E-state index in [0.717, 1.165) is 12.1 Å². The molecule has 0 spiro atoms. The van der Waals surface area contributed by atoms with E-state index in [1.54, 1.807) is 6.07 Å². The maximum atomic E-state index is 12.0. The quantitative estimate of drug-likeness (QED) is 0.587. The Kier molecular flexibility index (Phi) is 3.35. The Hall–Kier alpha value is -2.23. The lowest BCUT2D eigenvalue weighted by atomic mass is 10.1. The highest BCUT2D eigenvalue weighted by molar-refractivity contribution is 5.55. The first-order valence-corrected chi connectivity index (χ1v) is 4.09. The molecule has 0 aliphatic carbocycles. The van der Waals surface area contributed by atoms with Crippen LogP contribution >= 0.6 is 0 Å². The van der Waals surface area contributed by atoms with Crippen LogP contribution in [-0.2, 0) is 0 Å². The van der Waals surface area contributed by atoms with Crippen molar-refractivity contribution in [1.29, 1.82) is 5.26 Å². The van der Waals surface area contributed by atoms with Crippen molar-refractivity contribution in [1.82, 2.24) is 0 Å². The summed E-state index contributed by atoms with van der Waals surface area (Å²) in [5.41, 5.74) is -0.570. The van der Waals surface area contributed by atoms with Gasteiger partial charge in [-0.1, -0.05) is 0 Å². The van der Waals surface area contributed by atoms with Gasteiger partial charge in [-0.2, -0.15) is 14.0 Å². The van der Waals surface area contributed by atoms with Crippen LogP contribution in [0.5, 0.6) is 5.75 Å². The zero-order valence-corrected chi connectivity index (χ0v) is 8.11. The van der Waals surface area contributed by atoms with Crippen molar-refractivity contribution in [3.05, 3.63) is 33.4 Å². The molecule has 7 heteroatoms. The van der Waals surface area contributed by atoms with Gasteiger partial charge in [0.25, 0.3) is 5.69 Å². The normalized spacial score (nSPS) is 9.94. The van der Waals surface area contributed by atoms with Gasteiger partial charge in [-0.3, -0.25) is 10.1 Å². The number of alkyl halides is 2. The lowest BCUT2D eigenvalue weighted by molar-refractivity contribution is -0.385. The second-order valence-corrected chi connectivity index (χ2v) is 2.88. The second kappa shape index (κ2) is 4.53. The Bertz CT molecular complexity index is 469. The first-order valence-electron chi connectivity index (χ1n) is 4.09. The van der Waals surface area contributed by atoms with Crippen LogP contribution in [0.25, 0.3) is 0 Å². The van der Waals surface area contributed by atoms with Crippen LogP contribution < -0.4 is 4.74 Å². The highest BCUT2D eigenvalue weighted by atomic mass is 19.3. The van der Waals surface area contributed by atoms with Crippen molar-refractivity contribution < 1.29 is 18.4 Å². The molecular formula is C9H6F2N2O3. The molecule has 0 N–H and O–H groups in total. The molecule has 0 heterocycles. The maximum Gasteiger partial charge on any atom is 0.387 e. The van der Waals surface area contributed by atoms with Crippen LogP contribution in [0.1, 0.15) is 11.1 Å². The zero-order chi connectivity index (χ0) is 12.3. The van der Waals surface area contributed by atoms with E-state index in [9.17, 15) is 18.9 Å². The van der Waals surface area contributed by atoms with Gasteiger partial charge in [-0.25, -0.2) is 0 Å². The SMILES string of the molecule is Cc1cc([N+](=O)[O-])c(C#N)cc1OC(F)F. The second-order valence-electron chi connectivity index (χ2n) is 2.88. The van der Waals surface area contributed by atoms with Crippen molar-refractivity contribution in [2.75, 3.05) is 0 Å². The molecule has 1 aromatic carbocycles. The number of ether oxygens (including phenoxy) is 1. The first-order chi connectivity index (χ1) is 7.45. The third-order valence-electron chi connectivity index (χ3n) is 1.83. The van der Waals surface area contributed by atoms with Gasteiger partial charge >= 0.3 is 6.61 Å². The smallest absolute Gasteiger partial charge is 0.387 e. The number of hydrogen-bond donors (Lipinski definition) is 0. The van der Waals surface area contributed by atoms with E-state index in [0.29, 0.717) is 0 Å². The Balaban J connectivity index is 3.27. The van der Waals surface area contributed by atoms with E-state index in [2.05, 4.69) is 4.74 Å². The van der Waals surface area contributed by atoms with Crippen molar-refractivity contribution in [2.24, 2.45) is 0 Å². The first kappa shape index (κ1) is 11.8. The van der Waals surface area contributed by atoms with Crippen LogP contribution in [0.2, 0.25) is 0 Å². The lowest BCUT2D eigenvalue weighted by Crippen LogP contribution is -2.04. The molecule has 1 aromatic rings. The van der Waals surface area contributed by atoms with Crippen molar-refractivity contribution in [2.45, 2.75) is 13.5 Å². The van der Waals surface area contributed by atoms with Crippen molar-refractivity contribution in [3.8, 4) is 11.8 Å². The van der Waals surface area contributed by atoms with Gasteiger partial charge in [-0.15, -0.1) is 0 Å². The number of aryl methyl sites for hydroxylation is 1. The monoisotopic (exact) mass is 228 g/mol. The molecule has 0 aromatic heterocycles. The van der Waals surface area contributed by atoms with Gasteiger partial charge in [0.15, 0.2) is 0 Å². The molecule has 0 saturated heterocycles. The summed E-state index contributed by atoms with van der Waals surface area (Å²) in [6, 6.07) is 3.51. The molecule has 0 saturated carbocycles. The Morgan fingerprint density at radius 1 is 1.56 bits per heavy atom. The van der Waals surface area contributed by atoms with Crippen molar-refractivity contribution >= 4 is 5.69 Å². The Morgan fingerprint density at radius 2 is 2.19 bits per heavy atom. The summed E-state index contributed by atoms with van der Waals surface area (Å²) < 4.78 is 28.0. The van der Waals surface area contributed by atoms with Crippen LogP contribution in [-0.4, -0.2) is 11.5 Å². The molecule has 0 aliphatic rings. The molecule has 0 fully saturated rings. The molecule has 0 bridgehead atoms. The summed E-state index contributed by atoms with van der Waals surface area (Å²) in [6.07, 6.45) is 0. The summed E-state index contributed by atoms with van der Waals surface area (Å²) in [6.45, 7) is -1.65. The van der Waals surface area contributed by atoms with Crippen molar-refractivity contribution in [3.63, 3.8) is 0 Å². The molecule has 0 atom stereocenters. The minimum Gasteiger partial charge on any atom is -0.435 e. The predicted molar refractivity (Wildman–Crippen MR) is 49.2 cm³/mol. The van der Waals surface area contributed by atoms with E-state index >= 15 is 0 Å². The molecule has 0 aliphatic heterocycles. The van der Waals surface area contributed by atoms with Gasteiger partial charge in [-0.05, 0) is 12.5 Å². The van der Waals surface area contributed by atoms with Crippen LogP contribution in [0.15, 0.2) is 12.1 Å². The number of nitro benzene ring substituents is 1. The Morgan fingerprint density at radius 3 is 2.62 bits per heavy atom. The summed E-state index contributed by atoms with van der Waals surface area (Å²) in [4.78, 5) is 9.78. The molecule has 5 nitrogen and oxygen atoms in total. The number of benzene rings is 1. The third kappa shape index (κ3) is 2.42. The molecule has 0 amide bonds. The highest BCUT2D eigenvalue weighted by Crippen LogP contribution is 2.28. The molecule has 1 rings (SSSR count). The number of hydrogen-bond acceptors (Lipinski definition) is 4. The number of nitrogens with zero attached hydrogens (tertiary/aromatic N) is 2. The summed E-state index contributed by atoms with van der Waals surface area (Å²) in [5, 5.41) is 19.2. The van der Waals surface area contributed by atoms with Gasteiger partial charge in [0, 0.05) is 12.1 Å². The molecule has 84 valence electrons. The van der Waals surface area contributed by atoms with E-state index in [4.69, 9.17) is 5.26 Å². The minimum atomic E-state index is -3.04. The number of nitriles is 1. The van der Waals surface area contributed by atoms with Crippen LogP contribution in [0, 0.1) is 28.4 Å². The largest absolute Gasteiger partial charge is 0.435 e. The fourth-order valence-electron chi connectivity index (χ4n) is 1.14. The van der Waals surface area contributed by atoms with E-state index in [1.807, 2.05) is 0 Å². The predicted octanol–water partition coefficient (Wildman–Crippen LogP) is 2.38. The van der Waals surface area contributed by atoms with E-state index < -0.39 is 17.2 Å². The fourth-order valence-corrected chi connectivity index (χ4v) is 1.14. The molecular weight excluding hydrogens is 222 g/mol. The van der Waals surface area contributed by atoms with Crippen LogP contribution in [0.3, 0.4) is 0 Å². The Labute approximate surface area is 89.0 Å². The molecule has 0 unspecified atom stereocenters. The van der Waals surface area contributed by atoms with E-state index in [1.165, 1.54) is 6.92 Å². The number of nitro groups is 1. The molecule has 16 heavy (non-hydrogen) atoms. The summed E-state index contributed by atoms with van der Waals surface area (Å²) in [5.74, 6) is -0.239. The lowest BCUT2D eigenvalue weighted by Gasteiger charge is -2.07. The number of rotatable bonds is 3. The standard InChI is InChI=1S/C9H6F2N2O3/c1-5-2-7(13(14)15)6(4-12)3-8(5)16-9(10)11/h2-3,9H,1H3. The zero-order valence-electron chi connectivity index (χ0n) is 8.11. The van der Waals surface area contributed by atoms with Gasteiger partial charge < -0.3 is 4.74 Å². The summed E-state index contributed by atoms with van der Waals surface area (Å²) in [7, 11) is 0. The highest BCUT2D eigenvalue weighted by Gasteiger charge is 2.18. The average Bonchev–Trinajstić information content (AvgIpc) is 2.19. The fraction of sp³-hybridized carbons (Fsp3) is 0.222. The van der Waals surface area contributed by atoms with E-state index in [-0.39, 0.29) is 16.9 Å². The molecule has 0 radical (unpaired) electrons. The van der Waals surface area contributed by atoms with Gasteiger partial charge in [0.1, 0.15) is 17.4 Å². The number of halogens is 2. The average molecular weight is 228 g/mol. The third-order valence-corrected chi connectivity index (χ3v) is 1.83. The summed E-state index contributed by atoms with van der Waals surface area (Å²) >= 11 is 0. The topological polar surface area (TPSA) is 76.2 Å².